The van der Waals surface area contributed by atoms with Gasteiger partial charge in [0.15, 0.2) is 0 Å². The van der Waals surface area contributed by atoms with Gasteiger partial charge in [0.1, 0.15) is 4.90 Å². The molecular formula is C26H20N2O3S. The van der Waals surface area contributed by atoms with Crippen LogP contribution in [-0.2, 0) is 10.1 Å². The van der Waals surface area contributed by atoms with Gasteiger partial charge in [-0.1, -0.05) is 60.7 Å². The van der Waals surface area contributed by atoms with Crippen LogP contribution in [0.1, 0.15) is 11.4 Å². The number of hydrogen-bond donors (Lipinski definition) is 1. The molecular weight excluding hydrogens is 420 g/mol. The average Bonchev–Trinajstić information content (AvgIpc) is 2.78. The van der Waals surface area contributed by atoms with E-state index in [2.05, 4.69) is 0 Å². The summed E-state index contributed by atoms with van der Waals surface area (Å²) in [5.41, 5.74) is 5.87. The zero-order chi connectivity index (χ0) is 22.5. The molecule has 0 aliphatic carbocycles. The van der Waals surface area contributed by atoms with Gasteiger partial charge in [0, 0.05) is 22.2 Å². The van der Waals surface area contributed by atoms with Crippen molar-refractivity contribution in [2.45, 2.75) is 18.7 Å². The molecule has 6 heteroatoms. The third kappa shape index (κ3) is 3.43. The summed E-state index contributed by atoms with van der Waals surface area (Å²) < 4.78 is 35.4. The highest BCUT2D eigenvalue weighted by Gasteiger charge is 2.23. The molecule has 0 fully saturated rings. The second-order valence-electron chi connectivity index (χ2n) is 7.82. The molecule has 32 heavy (non-hydrogen) atoms. The quantitative estimate of drug-likeness (QED) is 0.276. The first-order valence-electron chi connectivity index (χ1n) is 10.2. The molecule has 0 saturated carbocycles. The Labute approximate surface area is 186 Å². The molecule has 0 radical (unpaired) electrons. The van der Waals surface area contributed by atoms with Crippen LogP contribution < -0.4 is 0 Å². The number of aryl methyl sites for hydroxylation is 2. The standard InChI is InChI=1S/C26H20N2O3S/c1-16-13-20(18-9-5-3-6-10-18)22-15-23(32(29,30)31)24-21(19-11-7-4-8-12-19)14-17(2)28-26(24)25(22)27-16/h3-15H,1-2H3,(H,29,30,31). The van der Waals surface area contributed by atoms with Crippen LogP contribution in [0.4, 0.5) is 0 Å². The van der Waals surface area contributed by atoms with E-state index in [-0.39, 0.29) is 4.90 Å². The molecule has 0 spiro atoms. The zero-order valence-corrected chi connectivity index (χ0v) is 18.4. The van der Waals surface area contributed by atoms with Gasteiger partial charge in [-0.15, -0.1) is 0 Å². The Morgan fingerprint density at radius 2 is 1.19 bits per heavy atom. The molecule has 5 nitrogen and oxygen atoms in total. The van der Waals surface area contributed by atoms with Crippen molar-refractivity contribution in [3.8, 4) is 22.3 Å². The Kier molecular flexibility index (Phi) is 4.77. The molecule has 0 aliphatic heterocycles. The summed E-state index contributed by atoms with van der Waals surface area (Å²) in [4.78, 5) is 9.28. The molecule has 2 heterocycles. The summed E-state index contributed by atoms with van der Waals surface area (Å²) in [7, 11) is -4.54. The van der Waals surface area contributed by atoms with Crippen molar-refractivity contribution in [2.75, 3.05) is 0 Å². The first-order valence-corrected chi connectivity index (χ1v) is 11.6. The lowest BCUT2D eigenvalue weighted by atomic mass is 9.95. The number of pyridine rings is 2. The highest BCUT2D eigenvalue weighted by Crippen LogP contribution is 2.40. The van der Waals surface area contributed by atoms with Crippen molar-refractivity contribution >= 4 is 31.9 Å². The predicted molar refractivity (Wildman–Crippen MR) is 127 cm³/mol. The van der Waals surface area contributed by atoms with Crippen molar-refractivity contribution in [2.24, 2.45) is 0 Å². The van der Waals surface area contributed by atoms with Gasteiger partial charge < -0.3 is 0 Å². The molecule has 1 N–H and O–H groups in total. The lowest BCUT2D eigenvalue weighted by Gasteiger charge is -2.16. The number of fused-ring (bicyclic) bond motifs is 3. The van der Waals surface area contributed by atoms with Gasteiger partial charge >= 0.3 is 0 Å². The molecule has 0 aliphatic rings. The number of benzene rings is 3. The molecule has 2 aromatic heterocycles. The van der Waals surface area contributed by atoms with Gasteiger partial charge in [-0.2, -0.15) is 8.42 Å². The minimum atomic E-state index is -4.54. The second kappa shape index (κ2) is 7.51. The van der Waals surface area contributed by atoms with Crippen molar-refractivity contribution in [3.63, 3.8) is 0 Å². The van der Waals surface area contributed by atoms with Crippen molar-refractivity contribution < 1.29 is 13.0 Å². The van der Waals surface area contributed by atoms with Crippen LogP contribution in [0.25, 0.3) is 44.1 Å². The fourth-order valence-electron chi connectivity index (χ4n) is 4.21. The molecule has 5 aromatic rings. The lowest BCUT2D eigenvalue weighted by Crippen LogP contribution is -2.04. The maximum absolute atomic E-state index is 12.6. The second-order valence-corrected chi connectivity index (χ2v) is 9.21. The first kappa shape index (κ1) is 20.3. The van der Waals surface area contributed by atoms with Gasteiger partial charge in [-0.05, 0) is 54.3 Å². The summed E-state index contributed by atoms with van der Waals surface area (Å²) in [6.45, 7) is 3.77. The minimum Gasteiger partial charge on any atom is -0.282 e. The van der Waals surface area contributed by atoms with Gasteiger partial charge in [-0.3, -0.25) is 14.5 Å². The van der Waals surface area contributed by atoms with Crippen LogP contribution in [0.2, 0.25) is 0 Å². The maximum atomic E-state index is 12.6. The molecule has 3 aromatic carbocycles. The minimum absolute atomic E-state index is 0.172. The van der Waals surface area contributed by atoms with E-state index in [1.807, 2.05) is 86.6 Å². The normalized spacial score (nSPS) is 11.8. The first-order chi connectivity index (χ1) is 15.3. The number of rotatable bonds is 3. The van der Waals surface area contributed by atoms with Gasteiger partial charge in [0.05, 0.1) is 11.0 Å². The summed E-state index contributed by atoms with van der Waals surface area (Å²) in [6, 6.07) is 24.5. The zero-order valence-electron chi connectivity index (χ0n) is 17.6. The van der Waals surface area contributed by atoms with Crippen LogP contribution in [0.3, 0.4) is 0 Å². The predicted octanol–water partition coefficient (Wildman–Crippen LogP) is 5.98. The van der Waals surface area contributed by atoms with Gasteiger partial charge in [0.25, 0.3) is 10.1 Å². The Bertz CT molecular complexity index is 1600. The third-order valence-electron chi connectivity index (χ3n) is 5.53. The van der Waals surface area contributed by atoms with Crippen molar-refractivity contribution in [3.05, 3.63) is 90.3 Å². The van der Waals surface area contributed by atoms with Crippen LogP contribution in [0.5, 0.6) is 0 Å². The maximum Gasteiger partial charge on any atom is 0.295 e. The molecule has 0 unspecified atom stereocenters. The van der Waals surface area contributed by atoms with E-state index in [4.69, 9.17) is 9.97 Å². The van der Waals surface area contributed by atoms with E-state index in [0.717, 1.165) is 28.1 Å². The smallest absolute Gasteiger partial charge is 0.282 e. The largest absolute Gasteiger partial charge is 0.295 e. The fourth-order valence-corrected chi connectivity index (χ4v) is 4.94. The van der Waals surface area contributed by atoms with E-state index >= 15 is 0 Å². The fraction of sp³-hybridized carbons (Fsp3) is 0.0769. The molecule has 0 amide bonds. The van der Waals surface area contributed by atoms with E-state index in [1.165, 1.54) is 6.07 Å². The number of aromatic nitrogens is 2. The van der Waals surface area contributed by atoms with Crippen molar-refractivity contribution in [1.29, 1.82) is 0 Å². The highest BCUT2D eigenvalue weighted by molar-refractivity contribution is 7.86. The lowest BCUT2D eigenvalue weighted by molar-refractivity contribution is 0.484. The Hall–Kier alpha value is -3.61. The van der Waals surface area contributed by atoms with E-state index in [1.54, 1.807) is 0 Å². The number of hydrogen-bond acceptors (Lipinski definition) is 4. The number of nitrogens with zero attached hydrogens (tertiary/aromatic N) is 2. The molecule has 5 rings (SSSR count). The van der Waals surface area contributed by atoms with E-state index in [9.17, 15) is 13.0 Å². The summed E-state index contributed by atoms with van der Waals surface area (Å²) >= 11 is 0. The monoisotopic (exact) mass is 440 g/mol. The molecule has 158 valence electrons. The molecule has 0 atom stereocenters. The summed E-state index contributed by atoms with van der Waals surface area (Å²) in [6.07, 6.45) is 0. The molecule has 0 saturated heterocycles. The van der Waals surface area contributed by atoms with Crippen LogP contribution in [0.15, 0.2) is 83.8 Å². The van der Waals surface area contributed by atoms with Gasteiger partial charge in [-0.25, -0.2) is 0 Å². The van der Waals surface area contributed by atoms with E-state index in [0.29, 0.717) is 27.4 Å². The Morgan fingerprint density at radius 3 is 1.75 bits per heavy atom. The summed E-state index contributed by atoms with van der Waals surface area (Å²) in [5, 5.41) is 0.993. The third-order valence-corrected chi connectivity index (χ3v) is 6.41. The summed E-state index contributed by atoms with van der Waals surface area (Å²) in [5.74, 6) is 0. The average molecular weight is 441 g/mol. The van der Waals surface area contributed by atoms with Gasteiger partial charge in [0.2, 0.25) is 0 Å². The topological polar surface area (TPSA) is 80.2 Å². The van der Waals surface area contributed by atoms with Crippen LogP contribution in [0, 0.1) is 13.8 Å². The van der Waals surface area contributed by atoms with Crippen LogP contribution in [-0.4, -0.2) is 22.9 Å². The highest BCUT2D eigenvalue weighted by atomic mass is 32.2. The Balaban J connectivity index is 2.04. The van der Waals surface area contributed by atoms with Crippen LogP contribution >= 0.6 is 0 Å². The van der Waals surface area contributed by atoms with Crippen molar-refractivity contribution in [1.82, 2.24) is 9.97 Å². The van der Waals surface area contributed by atoms with E-state index < -0.39 is 10.1 Å². The SMILES string of the molecule is Cc1cc(-c2ccccc2)c2cc(S(=O)(=O)O)c3c(-c4ccccc4)cc(C)nc3c2n1. The Morgan fingerprint density at radius 1 is 0.688 bits per heavy atom. The molecule has 0 bridgehead atoms.